The molecule has 1 aliphatic heterocycles. The molecule has 0 spiro atoms. The smallest absolute Gasteiger partial charge is 0.0596 e. The quantitative estimate of drug-likeness (QED) is 0.875. The summed E-state index contributed by atoms with van der Waals surface area (Å²) in [6.07, 6.45) is 0. The molecule has 1 fully saturated rings. The van der Waals surface area contributed by atoms with Crippen molar-refractivity contribution in [3.05, 3.63) is 33.9 Å². The van der Waals surface area contributed by atoms with Gasteiger partial charge in [0.05, 0.1) is 25.2 Å². The number of hydrogen-bond acceptors (Lipinski definition) is 3. The third-order valence-corrected chi connectivity index (χ3v) is 4.71. The monoisotopic (exact) mass is 263 g/mol. The Bertz CT molecular complexity index is 446. The summed E-state index contributed by atoms with van der Waals surface area (Å²) in [5.74, 6) is 0. The van der Waals surface area contributed by atoms with Crippen molar-refractivity contribution in [1.29, 1.82) is 0 Å². The van der Waals surface area contributed by atoms with Crippen LogP contribution in [-0.2, 0) is 4.74 Å². The number of benzene rings is 1. The normalized spacial score (nSPS) is 19.1. The minimum atomic E-state index is -0.176. The molecule has 1 aromatic rings. The summed E-state index contributed by atoms with van der Waals surface area (Å²) in [5.41, 5.74) is 6.42. The van der Waals surface area contributed by atoms with Crippen LogP contribution in [0.2, 0.25) is 0 Å². The molecule has 0 amide bonds. The van der Waals surface area contributed by atoms with Gasteiger partial charge in [0.2, 0.25) is 0 Å². The predicted octanol–water partition coefficient (Wildman–Crippen LogP) is 2.19. The fourth-order valence-electron chi connectivity index (χ4n) is 3.15. The molecule has 1 saturated heterocycles. The molecule has 3 heteroatoms. The number of aliphatic hydroxyl groups is 1. The molecular formula is C16H25NO2. The largest absolute Gasteiger partial charge is 0.396 e. The topological polar surface area (TPSA) is 41.5 Å². The van der Waals surface area contributed by atoms with Gasteiger partial charge in [0.25, 0.3) is 0 Å². The third kappa shape index (κ3) is 2.20. The molecule has 106 valence electrons. The Hall–Kier alpha value is -0.900. The molecule has 0 radical (unpaired) electrons. The van der Waals surface area contributed by atoms with Crippen LogP contribution in [0.1, 0.15) is 33.9 Å². The molecule has 1 heterocycles. The second-order valence-electron chi connectivity index (χ2n) is 5.91. The molecule has 1 aliphatic rings. The zero-order valence-electron chi connectivity index (χ0n) is 12.6. The van der Waals surface area contributed by atoms with Gasteiger partial charge in [0.15, 0.2) is 0 Å². The molecule has 0 aromatic heterocycles. The van der Waals surface area contributed by atoms with Gasteiger partial charge in [-0.15, -0.1) is 0 Å². The van der Waals surface area contributed by atoms with Crippen molar-refractivity contribution in [2.24, 2.45) is 5.41 Å². The first kappa shape index (κ1) is 14.5. The maximum Gasteiger partial charge on any atom is 0.0596 e. The van der Waals surface area contributed by atoms with Crippen LogP contribution in [0.15, 0.2) is 6.07 Å². The summed E-state index contributed by atoms with van der Waals surface area (Å²) < 4.78 is 5.37. The van der Waals surface area contributed by atoms with Crippen LogP contribution in [-0.4, -0.2) is 32.0 Å². The van der Waals surface area contributed by atoms with Gasteiger partial charge < -0.3 is 15.2 Å². The SMILES string of the molecule is CNC(c1c(C)c(C)cc(C)c1C)C1(CO)COC1. The Morgan fingerprint density at radius 1 is 1.21 bits per heavy atom. The fraction of sp³-hybridized carbons (Fsp3) is 0.625. The van der Waals surface area contributed by atoms with Crippen molar-refractivity contribution in [1.82, 2.24) is 5.32 Å². The first-order valence-electron chi connectivity index (χ1n) is 6.90. The van der Waals surface area contributed by atoms with Crippen molar-refractivity contribution in [3.63, 3.8) is 0 Å². The van der Waals surface area contributed by atoms with E-state index in [0.29, 0.717) is 13.2 Å². The fourth-order valence-corrected chi connectivity index (χ4v) is 3.15. The Kier molecular flexibility index (Phi) is 4.00. The molecular weight excluding hydrogens is 238 g/mol. The van der Waals surface area contributed by atoms with Gasteiger partial charge in [-0.2, -0.15) is 0 Å². The number of ether oxygens (including phenoxy) is 1. The highest BCUT2D eigenvalue weighted by molar-refractivity contribution is 5.46. The summed E-state index contributed by atoms with van der Waals surface area (Å²) >= 11 is 0. The molecule has 19 heavy (non-hydrogen) atoms. The Morgan fingerprint density at radius 3 is 2.05 bits per heavy atom. The third-order valence-electron chi connectivity index (χ3n) is 4.71. The van der Waals surface area contributed by atoms with Crippen LogP contribution in [0.3, 0.4) is 0 Å². The summed E-state index contributed by atoms with van der Waals surface area (Å²) in [6.45, 7) is 10.1. The van der Waals surface area contributed by atoms with Crippen molar-refractivity contribution in [2.45, 2.75) is 33.7 Å². The summed E-state index contributed by atoms with van der Waals surface area (Å²) in [6, 6.07) is 2.38. The molecule has 0 saturated carbocycles. The van der Waals surface area contributed by atoms with Gasteiger partial charge in [0, 0.05) is 6.04 Å². The van der Waals surface area contributed by atoms with Gasteiger partial charge in [-0.05, 0) is 62.6 Å². The van der Waals surface area contributed by atoms with Crippen molar-refractivity contribution in [2.75, 3.05) is 26.9 Å². The Balaban J connectivity index is 2.55. The number of aryl methyl sites for hydroxylation is 2. The van der Waals surface area contributed by atoms with Crippen molar-refractivity contribution < 1.29 is 9.84 Å². The lowest BCUT2D eigenvalue weighted by atomic mass is 9.72. The van der Waals surface area contributed by atoms with E-state index in [4.69, 9.17) is 4.74 Å². The highest BCUT2D eigenvalue weighted by Crippen LogP contribution is 2.43. The van der Waals surface area contributed by atoms with E-state index in [1.165, 1.54) is 27.8 Å². The van der Waals surface area contributed by atoms with Crippen LogP contribution in [0.25, 0.3) is 0 Å². The second-order valence-corrected chi connectivity index (χ2v) is 5.91. The molecule has 2 rings (SSSR count). The maximum atomic E-state index is 9.80. The van der Waals surface area contributed by atoms with Gasteiger partial charge in [0.1, 0.15) is 0 Å². The Labute approximate surface area is 116 Å². The molecule has 0 aliphatic carbocycles. The lowest BCUT2D eigenvalue weighted by Gasteiger charge is -2.47. The van der Waals surface area contributed by atoms with Crippen LogP contribution in [0.5, 0.6) is 0 Å². The lowest BCUT2D eigenvalue weighted by Crippen LogP contribution is -2.54. The molecule has 1 atom stereocenters. The lowest BCUT2D eigenvalue weighted by molar-refractivity contribution is -0.155. The summed E-state index contributed by atoms with van der Waals surface area (Å²) in [5, 5.41) is 13.2. The van der Waals surface area contributed by atoms with Crippen molar-refractivity contribution >= 4 is 0 Å². The maximum absolute atomic E-state index is 9.80. The zero-order valence-corrected chi connectivity index (χ0v) is 12.6. The van der Waals surface area contributed by atoms with Gasteiger partial charge >= 0.3 is 0 Å². The average molecular weight is 263 g/mol. The number of nitrogens with one attached hydrogen (secondary N) is 1. The summed E-state index contributed by atoms with van der Waals surface area (Å²) in [4.78, 5) is 0. The van der Waals surface area contributed by atoms with Gasteiger partial charge in [-0.1, -0.05) is 6.07 Å². The van der Waals surface area contributed by atoms with E-state index in [1.807, 2.05) is 7.05 Å². The minimum Gasteiger partial charge on any atom is -0.396 e. The Morgan fingerprint density at radius 2 is 1.74 bits per heavy atom. The molecule has 1 unspecified atom stereocenters. The second kappa shape index (κ2) is 5.23. The standard InChI is InChI=1S/C16H25NO2/c1-10-6-11(2)13(4)14(12(10)3)15(17-5)16(7-18)8-19-9-16/h6,15,17-18H,7-9H2,1-5H3. The average Bonchev–Trinajstić information content (AvgIpc) is 2.34. The van der Waals surface area contributed by atoms with E-state index in [0.717, 1.165) is 0 Å². The molecule has 1 aromatic carbocycles. The van der Waals surface area contributed by atoms with Gasteiger partial charge in [-0.25, -0.2) is 0 Å². The molecule has 2 N–H and O–H groups in total. The van der Waals surface area contributed by atoms with E-state index in [2.05, 4.69) is 39.1 Å². The zero-order chi connectivity index (χ0) is 14.2. The van der Waals surface area contributed by atoms with E-state index >= 15 is 0 Å². The van der Waals surface area contributed by atoms with Crippen LogP contribution >= 0.6 is 0 Å². The first-order valence-corrected chi connectivity index (χ1v) is 6.90. The van der Waals surface area contributed by atoms with E-state index in [9.17, 15) is 5.11 Å². The van der Waals surface area contributed by atoms with E-state index in [1.54, 1.807) is 0 Å². The van der Waals surface area contributed by atoms with Crippen LogP contribution in [0.4, 0.5) is 0 Å². The van der Waals surface area contributed by atoms with E-state index < -0.39 is 0 Å². The first-order chi connectivity index (χ1) is 8.96. The number of hydrogen-bond donors (Lipinski definition) is 2. The highest BCUT2D eigenvalue weighted by Gasteiger charge is 2.46. The number of rotatable bonds is 4. The number of aliphatic hydroxyl groups excluding tert-OH is 1. The predicted molar refractivity (Wildman–Crippen MR) is 77.5 cm³/mol. The van der Waals surface area contributed by atoms with E-state index in [-0.39, 0.29) is 18.1 Å². The van der Waals surface area contributed by atoms with Crippen LogP contribution < -0.4 is 5.32 Å². The highest BCUT2D eigenvalue weighted by atomic mass is 16.5. The van der Waals surface area contributed by atoms with Gasteiger partial charge in [-0.3, -0.25) is 0 Å². The van der Waals surface area contributed by atoms with Crippen molar-refractivity contribution in [3.8, 4) is 0 Å². The molecule has 0 bridgehead atoms. The molecule has 3 nitrogen and oxygen atoms in total. The minimum absolute atomic E-state index is 0.143. The summed E-state index contributed by atoms with van der Waals surface area (Å²) in [7, 11) is 1.97. The van der Waals surface area contributed by atoms with Crippen LogP contribution in [0, 0.1) is 33.1 Å².